The van der Waals surface area contributed by atoms with E-state index in [0.717, 1.165) is 10.3 Å². The summed E-state index contributed by atoms with van der Waals surface area (Å²) >= 11 is 1.33. The average Bonchev–Trinajstić information content (AvgIpc) is 3.04. The Morgan fingerprint density at radius 1 is 1.00 bits per heavy atom. The molecule has 1 atom stereocenters. The van der Waals surface area contributed by atoms with Gasteiger partial charge in [0.25, 0.3) is 5.91 Å². The predicted molar refractivity (Wildman–Crippen MR) is 113 cm³/mol. The third-order valence-electron chi connectivity index (χ3n) is 4.21. The van der Waals surface area contributed by atoms with Crippen molar-refractivity contribution in [1.82, 2.24) is 10.9 Å². The van der Waals surface area contributed by atoms with Gasteiger partial charge in [0.1, 0.15) is 5.58 Å². The van der Waals surface area contributed by atoms with E-state index in [4.69, 9.17) is 4.42 Å². The van der Waals surface area contributed by atoms with Crippen LogP contribution < -0.4 is 16.2 Å². The van der Waals surface area contributed by atoms with Gasteiger partial charge in [-0.25, -0.2) is 0 Å². The van der Waals surface area contributed by atoms with Gasteiger partial charge in [0.2, 0.25) is 5.91 Å². The molecule has 0 aliphatic rings. The van der Waals surface area contributed by atoms with Crippen LogP contribution >= 0.6 is 11.8 Å². The van der Waals surface area contributed by atoms with Gasteiger partial charge >= 0.3 is 5.91 Å². The number of anilines is 1. The number of aryl methyl sites for hydroxylation is 1. The summed E-state index contributed by atoms with van der Waals surface area (Å²) in [6, 6.07) is 14.5. The lowest BCUT2D eigenvalue weighted by molar-refractivity contribution is -0.121. The molecule has 1 unspecified atom stereocenters. The zero-order chi connectivity index (χ0) is 21.0. The van der Waals surface area contributed by atoms with Crippen LogP contribution in [0.15, 0.2) is 57.8 Å². The zero-order valence-electron chi connectivity index (χ0n) is 16.2. The van der Waals surface area contributed by atoms with Crippen LogP contribution in [0, 0.1) is 6.92 Å². The van der Waals surface area contributed by atoms with Crippen molar-refractivity contribution in [1.29, 1.82) is 0 Å². The molecule has 1 heterocycles. The van der Waals surface area contributed by atoms with E-state index in [-0.39, 0.29) is 17.6 Å². The summed E-state index contributed by atoms with van der Waals surface area (Å²) in [5, 5.41) is 3.10. The summed E-state index contributed by atoms with van der Waals surface area (Å²) in [6.45, 7) is 4.97. The van der Waals surface area contributed by atoms with Crippen molar-refractivity contribution in [2.75, 3.05) is 5.32 Å². The van der Waals surface area contributed by atoms with E-state index in [1.165, 1.54) is 18.7 Å². The first-order valence-corrected chi connectivity index (χ1v) is 9.85. The number of carbonyl (C=O) groups is 3. The largest absolute Gasteiger partial charge is 0.451 e. The number of nitrogens with one attached hydrogen (secondary N) is 3. The Morgan fingerprint density at radius 2 is 1.69 bits per heavy atom. The molecule has 0 spiro atoms. The van der Waals surface area contributed by atoms with Crippen molar-refractivity contribution < 1.29 is 18.8 Å². The SMILES string of the molecule is CC(=O)Nc1ccc(SC(C)C(=O)NNC(=O)c2oc3ccccc3c2C)cc1. The van der Waals surface area contributed by atoms with Crippen molar-refractivity contribution in [3.8, 4) is 0 Å². The molecule has 0 fully saturated rings. The first-order chi connectivity index (χ1) is 13.8. The summed E-state index contributed by atoms with van der Waals surface area (Å²) in [5.41, 5.74) is 6.86. The molecular weight excluding hydrogens is 390 g/mol. The molecule has 0 saturated heterocycles. The van der Waals surface area contributed by atoms with Gasteiger partial charge in [-0.1, -0.05) is 18.2 Å². The topological polar surface area (TPSA) is 100 Å². The minimum atomic E-state index is -0.510. The Kier molecular flexibility index (Phi) is 6.23. The number of furan rings is 1. The maximum absolute atomic E-state index is 12.4. The first-order valence-electron chi connectivity index (χ1n) is 8.98. The number of para-hydroxylation sites is 1. The van der Waals surface area contributed by atoms with Crippen LogP contribution in [0.4, 0.5) is 5.69 Å². The van der Waals surface area contributed by atoms with E-state index < -0.39 is 11.2 Å². The van der Waals surface area contributed by atoms with E-state index in [1.54, 1.807) is 32.0 Å². The van der Waals surface area contributed by atoms with Crippen LogP contribution in [-0.4, -0.2) is 23.0 Å². The maximum Gasteiger partial charge on any atom is 0.305 e. The molecule has 8 heteroatoms. The molecule has 3 aromatic rings. The highest BCUT2D eigenvalue weighted by atomic mass is 32.2. The van der Waals surface area contributed by atoms with Crippen LogP contribution in [-0.2, 0) is 9.59 Å². The molecule has 0 radical (unpaired) electrons. The third kappa shape index (κ3) is 4.97. The predicted octanol–water partition coefficient (Wildman–Crippen LogP) is 3.64. The number of amides is 3. The molecule has 3 N–H and O–H groups in total. The molecule has 1 aromatic heterocycles. The van der Waals surface area contributed by atoms with Gasteiger partial charge in [-0.05, 0) is 44.2 Å². The smallest absolute Gasteiger partial charge is 0.305 e. The molecule has 150 valence electrons. The monoisotopic (exact) mass is 411 g/mol. The number of hydrazine groups is 1. The highest BCUT2D eigenvalue weighted by Gasteiger charge is 2.20. The molecule has 0 aliphatic heterocycles. The highest BCUT2D eigenvalue weighted by molar-refractivity contribution is 8.00. The standard InChI is InChI=1S/C21H21N3O4S/c1-12-17-6-4-5-7-18(17)28-19(12)21(27)24-23-20(26)13(2)29-16-10-8-15(9-11-16)22-14(3)25/h4-11,13H,1-3H3,(H,22,25)(H,23,26)(H,24,27). The Hall–Kier alpha value is -3.26. The van der Waals surface area contributed by atoms with Crippen molar-refractivity contribution >= 4 is 46.1 Å². The van der Waals surface area contributed by atoms with Crippen molar-refractivity contribution in [3.05, 3.63) is 59.9 Å². The van der Waals surface area contributed by atoms with E-state index >= 15 is 0 Å². The summed E-state index contributed by atoms with van der Waals surface area (Å²) in [5.74, 6) is -0.832. The van der Waals surface area contributed by atoms with E-state index in [0.29, 0.717) is 16.8 Å². The van der Waals surface area contributed by atoms with Gasteiger partial charge in [-0.3, -0.25) is 25.2 Å². The molecule has 2 aromatic carbocycles. The Morgan fingerprint density at radius 3 is 2.34 bits per heavy atom. The number of thioether (sulfide) groups is 1. The number of carbonyl (C=O) groups excluding carboxylic acids is 3. The van der Waals surface area contributed by atoms with E-state index in [1.807, 2.05) is 30.3 Å². The maximum atomic E-state index is 12.4. The fourth-order valence-electron chi connectivity index (χ4n) is 2.75. The number of hydrogen-bond donors (Lipinski definition) is 3. The lowest BCUT2D eigenvalue weighted by atomic mass is 10.1. The van der Waals surface area contributed by atoms with Crippen LogP contribution in [0.1, 0.15) is 30.0 Å². The Balaban J connectivity index is 1.56. The summed E-state index contributed by atoms with van der Waals surface area (Å²) in [6.07, 6.45) is 0. The molecule has 7 nitrogen and oxygen atoms in total. The fraction of sp³-hybridized carbons (Fsp3) is 0.190. The molecule has 29 heavy (non-hydrogen) atoms. The Bertz CT molecular complexity index is 1060. The molecule has 3 rings (SSSR count). The highest BCUT2D eigenvalue weighted by Crippen LogP contribution is 2.26. The van der Waals surface area contributed by atoms with Crippen LogP contribution in [0.3, 0.4) is 0 Å². The van der Waals surface area contributed by atoms with Crippen LogP contribution in [0.25, 0.3) is 11.0 Å². The zero-order valence-corrected chi connectivity index (χ0v) is 17.1. The van der Waals surface area contributed by atoms with Crippen LogP contribution in [0.5, 0.6) is 0 Å². The minimum absolute atomic E-state index is 0.145. The molecular formula is C21H21N3O4S. The lowest BCUT2D eigenvalue weighted by Crippen LogP contribution is -2.45. The van der Waals surface area contributed by atoms with Gasteiger partial charge in [-0.15, -0.1) is 11.8 Å². The van der Waals surface area contributed by atoms with Crippen molar-refractivity contribution in [3.63, 3.8) is 0 Å². The van der Waals surface area contributed by atoms with Crippen molar-refractivity contribution in [2.24, 2.45) is 0 Å². The van der Waals surface area contributed by atoms with Crippen LogP contribution in [0.2, 0.25) is 0 Å². The second-order valence-corrected chi connectivity index (χ2v) is 7.88. The van der Waals surface area contributed by atoms with Crippen molar-refractivity contribution in [2.45, 2.75) is 30.9 Å². The molecule has 0 bridgehead atoms. The number of benzene rings is 2. The molecule has 0 aliphatic carbocycles. The quantitative estimate of drug-likeness (QED) is 0.440. The van der Waals surface area contributed by atoms with E-state index in [2.05, 4.69) is 16.2 Å². The second-order valence-electron chi connectivity index (χ2n) is 6.46. The molecule has 3 amide bonds. The fourth-order valence-corrected chi connectivity index (χ4v) is 3.61. The average molecular weight is 411 g/mol. The summed E-state index contributed by atoms with van der Waals surface area (Å²) < 4.78 is 5.59. The summed E-state index contributed by atoms with van der Waals surface area (Å²) in [7, 11) is 0. The normalized spacial score (nSPS) is 11.7. The number of hydrogen-bond acceptors (Lipinski definition) is 5. The van der Waals surface area contributed by atoms with Gasteiger partial charge in [-0.2, -0.15) is 0 Å². The Labute approximate surface area is 172 Å². The summed E-state index contributed by atoms with van der Waals surface area (Å²) in [4.78, 5) is 36.6. The van der Waals surface area contributed by atoms with E-state index in [9.17, 15) is 14.4 Å². The lowest BCUT2D eigenvalue weighted by Gasteiger charge is -2.13. The van der Waals surface area contributed by atoms with Gasteiger partial charge in [0, 0.05) is 28.5 Å². The second kappa shape index (κ2) is 8.83. The minimum Gasteiger partial charge on any atom is -0.451 e. The van der Waals surface area contributed by atoms with Gasteiger partial charge < -0.3 is 9.73 Å². The first kappa shape index (κ1) is 20.5. The molecule has 0 saturated carbocycles. The number of rotatable bonds is 5. The van der Waals surface area contributed by atoms with Gasteiger partial charge in [0.15, 0.2) is 5.76 Å². The van der Waals surface area contributed by atoms with Gasteiger partial charge in [0.05, 0.1) is 5.25 Å². The number of fused-ring (bicyclic) bond motifs is 1. The third-order valence-corrected chi connectivity index (χ3v) is 5.32.